The van der Waals surface area contributed by atoms with Crippen LogP contribution < -0.4 is 0 Å². The number of allylic oxidation sites excluding steroid dienone is 2. The molecule has 0 amide bonds. The fourth-order valence-corrected chi connectivity index (χ4v) is 9.17. The van der Waals surface area contributed by atoms with E-state index in [4.69, 9.17) is 0 Å². The number of fused-ring (bicyclic) bond motifs is 5. The summed E-state index contributed by atoms with van der Waals surface area (Å²) in [4.78, 5) is 23.6. The average molecular weight is 371 g/mol. The van der Waals surface area contributed by atoms with Crippen LogP contribution >= 0.6 is 0 Å². The molecule has 2 nitrogen and oxygen atoms in total. The van der Waals surface area contributed by atoms with Crippen LogP contribution in [0.15, 0.2) is 11.6 Å². The van der Waals surface area contributed by atoms with Gasteiger partial charge in [-0.2, -0.15) is 0 Å². The first-order valence-electron chi connectivity index (χ1n) is 11.2. The van der Waals surface area contributed by atoms with Crippen molar-refractivity contribution >= 4 is 12.6 Å². The normalized spacial score (nSPS) is 51.2. The number of aldehydes is 2. The van der Waals surface area contributed by atoms with Crippen molar-refractivity contribution in [3.63, 3.8) is 0 Å². The van der Waals surface area contributed by atoms with Gasteiger partial charge in [0.1, 0.15) is 12.6 Å². The van der Waals surface area contributed by atoms with Gasteiger partial charge in [0.05, 0.1) is 0 Å². The first-order chi connectivity index (χ1) is 12.6. The van der Waals surface area contributed by atoms with Crippen LogP contribution in [-0.2, 0) is 9.59 Å². The summed E-state index contributed by atoms with van der Waals surface area (Å²) in [5.41, 5.74) is 1.87. The molecule has 4 rings (SSSR count). The van der Waals surface area contributed by atoms with E-state index in [-0.39, 0.29) is 16.7 Å². The molecular weight excluding hydrogens is 332 g/mol. The minimum atomic E-state index is -0.208. The molecule has 3 fully saturated rings. The van der Waals surface area contributed by atoms with E-state index in [0.29, 0.717) is 16.7 Å². The molecule has 150 valence electrons. The molecule has 4 aliphatic rings. The summed E-state index contributed by atoms with van der Waals surface area (Å²) < 4.78 is 0. The number of carbonyl (C=O) groups is 2. The highest BCUT2D eigenvalue weighted by Gasteiger charge is 2.65. The van der Waals surface area contributed by atoms with E-state index >= 15 is 0 Å². The summed E-state index contributed by atoms with van der Waals surface area (Å²) in [5.74, 6) is 1.89. The van der Waals surface area contributed by atoms with E-state index in [0.717, 1.165) is 42.8 Å². The SMILES string of the molecule is CC1(C)CCC[C@@]2(C)C1CC[C@@]1(C)C3CC=C(C=O)[C@H](C=O)[C@@]3(C)CC[C@H]21. The minimum absolute atomic E-state index is 0.0502. The fraction of sp³-hybridized carbons (Fsp3) is 0.840. The van der Waals surface area contributed by atoms with E-state index in [9.17, 15) is 9.59 Å². The molecule has 3 saturated carbocycles. The second kappa shape index (κ2) is 6.04. The molecular formula is C25H38O2. The molecule has 0 aromatic carbocycles. The van der Waals surface area contributed by atoms with Gasteiger partial charge in [-0.1, -0.05) is 47.1 Å². The fourth-order valence-electron chi connectivity index (χ4n) is 9.17. The lowest BCUT2D eigenvalue weighted by atomic mass is 9.35. The lowest BCUT2D eigenvalue weighted by molar-refractivity contribution is -0.198. The predicted molar refractivity (Wildman–Crippen MR) is 109 cm³/mol. The molecule has 0 N–H and O–H groups in total. The largest absolute Gasteiger partial charge is 0.303 e. The Morgan fingerprint density at radius 3 is 2.11 bits per heavy atom. The van der Waals surface area contributed by atoms with Crippen molar-refractivity contribution in [1.82, 2.24) is 0 Å². The lowest BCUT2D eigenvalue weighted by Gasteiger charge is -2.69. The van der Waals surface area contributed by atoms with Crippen molar-refractivity contribution in [3.05, 3.63) is 11.6 Å². The van der Waals surface area contributed by atoms with E-state index < -0.39 is 0 Å². The Morgan fingerprint density at radius 2 is 1.44 bits per heavy atom. The van der Waals surface area contributed by atoms with Crippen LogP contribution in [0.1, 0.15) is 86.0 Å². The van der Waals surface area contributed by atoms with Gasteiger partial charge in [0.2, 0.25) is 0 Å². The average Bonchev–Trinajstić information content (AvgIpc) is 2.59. The molecule has 2 heteroatoms. The zero-order valence-corrected chi connectivity index (χ0v) is 18.0. The van der Waals surface area contributed by atoms with Gasteiger partial charge in [-0.25, -0.2) is 0 Å². The van der Waals surface area contributed by atoms with Gasteiger partial charge >= 0.3 is 0 Å². The Balaban J connectivity index is 1.76. The topological polar surface area (TPSA) is 34.1 Å². The molecule has 0 aromatic rings. The van der Waals surface area contributed by atoms with Crippen LogP contribution in [0.25, 0.3) is 0 Å². The van der Waals surface area contributed by atoms with Crippen molar-refractivity contribution in [2.24, 2.45) is 45.3 Å². The maximum Gasteiger partial charge on any atom is 0.146 e. The first kappa shape index (κ1) is 19.4. The van der Waals surface area contributed by atoms with Gasteiger partial charge in [0.15, 0.2) is 0 Å². The van der Waals surface area contributed by atoms with Crippen molar-refractivity contribution in [2.75, 3.05) is 0 Å². The molecule has 0 aliphatic heterocycles. The maximum atomic E-state index is 12.0. The summed E-state index contributed by atoms with van der Waals surface area (Å²) in [6.45, 7) is 12.5. The van der Waals surface area contributed by atoms with Crippen LogP contribution in [0, 0.1) is 45.3 Å². The molecule has 0 heterocycles. The molecule has 0 spiro atoms. The highest BCUT2D eigenvalue weighted by Crippen LogP contribution is 2.72. The van der Waals surface area contributed by atoms with Gasteiger partial charge in [-0.3, -0.25) is 4.79 Å². The van der Waals surface area contributed by atoms with E-state index in [1.54, 1.807) is 0 Å². The van der Waals surface area contributed by atoms with Gasteiger partial charge in [-0.05, 0) is 89.9 Å². The summed E-state index contributed by atoms with van der Waals surface area (Å²) in [6, 6.07) is 0. The molecule has 7 atom stereocenters. The third-order valence-corrected chi connectivity index (χ3v) is 10.3. The number of hydrogen-bond acceptors (Lipinski definition) is 2. The Hall–Kier alpha value is -0.920. The van der Waals surface area contributed by atoms with E-state index in [1.165, 1.54) is 38.5 Å². The Labute approximate surface area is 165 Å². The Kier molecular flexibility index (Phi) is 4.34. The second-order valence-electron chi connectivity index (χ2n) is 11.8. The first-order valence-corrected chi connectivity index (χ1v) is 11.2. The molecule has 0 bridgehead atoms. The van der Waals surface area contributed by atoms with Gasteiger partial charge < -0.3 is 4.79 Å². The number of rotatable bonds is 2. The van der Waals surface area contributed by atoms with E-state index in [2.05, 4.69) is 40.7 Å². The van der Waals surface area contributed by atoms with Crippen LogP contribution in [0.4, 0.5) is 0 Å². The lowest BCUT2D eigenvalue weighted by Crippen LogP contribution is -2.62. The number of carbonyl (C=O) groups excluding carboxylic acids is 2. The van der Waals surface area contributed by atoms with Crippen molar-refractivity contribution in [2.45, 2.75) is 86.0 Å². The monoisotopic (exact) mass is 370 g/mol. The van der Waals surface area contributed by atoms with Crippen molar-refractivity contribution in [1.29, 1.82) is 0 Å². The molecule has 0 radical (unpaired) electrons. The standard InChI is InChI=1S/C25H38O2/c1-22(2)11-6-12-24(4)19(22)9-14-25(5)20-8-7-17(15-26)18(16-27)23(20,3)13-10-21(24)25/h7,15-16,18-21H,6,8-14H2,1-5H3/t18-,19?,20?,21+,23+,24-,25-/m0/s1. The zero-order valence-electron chi connectivity index (χ0n) is 18.0. The highest BCUT2D eigenvalue weighted by atomic mass is 16.1. The van der Waals surface area contributed by atoms with Crippen molar-refractivity contribution < 1.29 is 9.59 Å². The molecule has 4 aliphatic carbocycles. The summed E-state index contributed by atoms with van der Waals surface area (Å²) >= 11 is 0. The van der Waals surface area contributed by atoms with Crippen molar-refractivity contribution in [3.8, 4) is 0 Å². The van der Waals surface area contributed by atoms with E-state index in [1.807, 2.05) is 0 Å². The smallest absolute Gasteiger partial charge is 0.146 e. The van der Waals surface area contributed by atoms with Gasteiger partial charge in [0, 0.05) is 5.92 Å². The van der Waals surface area contributed by atoms with Crippen LogP contribution in [0.2, 0.25) is 0 Å². The second-order valence-corrected chi connectivity index (χ2v) is 11.8. The van der Waals surface area contributed by atoms with Gasteiger partial charge in [-0.15, -0.1) is 0 Å². The number of hydrogen-bond donors (Lipinski definition) is 0. The van der Waals surface area contributed by atoms with Crippen LogP contribution in [0.3, 0.4) is 0 Å². The van der Waals surface area contributed by atoms with Crippen LogP contribution in [-0.4, -0.2) is 12.6 Å². The minimum Gasteiger partial charge on any atom is -0.303 e. The Morgan fingerprint density at radius 1 is 0.815 bits per heavy atom. The zero-order chi connectivity index (χ0) is 19.7. The highest BCUT2D eigenvalue weighted by molar-refractivity contribution is 5.82. The quantitative estimate of drug-likeness (QED) is 0.559. The third-order valence-electron chi connectivity index (χ3n) is 10.3. The molecule has 0 aromatic heterocycles. The van der Waals surface area contributed by atoms with Crippen LogP contribution in [0.5, 0.6) is 0 Å². The summed E-state index contributed by atoms with van der Waals surface area (Å²) in [6.07, 6.45) is 14.1. The Bertz CT molecular complexity index is 676. The van der Waals surface area contributed by atoms with Gasteiger partial charge in [0.25, 0.3) is 0 Å². The summed E-state index contributed by atoms with van der Waals surface area (Å²) in [7, 11) is 0. The maximum absolute atomic E-state index is 12.0. The third kappa shape index (κ3) is 2.43. The predicted octanol–water partition coefficient (Wildman–Crippen LogP) is 6.00. The molecule has 2 unspecified atom stereocenters. The molecule has 0 saturated heterocycles. The summed E-state index contributed by atoms with van der Waals surface area (Å²) in [5, 5.41) is 0. The molecule has 27 heavy (non-hydrogen) atoms.